The maximum atomic E-state index is 9.75. The minimum absolute atomic E-state index is 0.152. The van der Waals surface area contributed by atoms with E-state index < -0.39 is 0 Å². The summed E-state index contributed by atoms with van der Waals surface area (Å²) in [6, 6.07) is 0. The van der Waals surface area contributed by atoms with Crippen molar-refractivity contribution < 1.29 is 9.84 Å². The topological polar surface area (TPSA) is 32.8 Å². The molecule has 0 aromatic heterocycles. The van der Waals surface area contributed by atoms with Gasteiger partial charge in [0.05, 0.1) is 17.8 Å². The van der Waals surface area contributed by atoms with E-state index >= 15 is 0 Å². The van der Waals surface area contributed by atoms with Gasteiger partial charge in [0, 0.05) is 0 Å². The van der Waals surface area contributed by atoms with Gasteiger partial charge in [0.1, 0.15) is 0 Å². The van der Waals surface area contributed by atoms with Gasteiger partial charge in [-0.25, -0.2) is 0 Å². The zero-order valence-electron chi connectivity index (χ0n) is 9.12. The summed E-state index contributed by atoms with van der Waals surface area (Å²) in [5.74, 6) is 0. The molecular weight excluding hydrogens is 176 g/mol. The van der Waals surface area contributed by atoms with Gasteiger partial charge >= 0.3 is 0 Å². The van der Waals surface area contributed by atoms with Crippen LogP contribution in [0.2, 0.25) is 0 Å². The van der Waals surface area contributed by atoms with Crippen molar-refractivity contribution in [3.05, 3.63) is 11.6 Å². The highest BCUT2D eigenvalue weighted by Gasteiger charge is 2.50. The third-order valence-corrected chi connectivity index (χ3v) is 3.61. The number of epoxide rings is 1. The van der Waals surface area contributed by atoms with E-state index in [1.807, 2.05) is 6.92 Å². The second kappa shape index (κ2) is 3.67. The fourth-order valence-corrected chi connectivity index (χ4v) is 2.32. The first kappa shape index (κ1) is 10.2. The Bertz CT molecular complexity index is 247. The van der Waals surface area contributed by atoms with E-state index in [4.69, 9.17) is 4.74 Å². The molecule has 1 aliphatic heterocycles. The molecule has 0 saturated carbocycles. The van der Waals surface area contributed by atoms with Crippen LogP contribution in [0.25, 0.3) is 0 Å². The minimum Gasteiger partial charge on any atom is -0.389 e. The molecule has 1 aliphatic carbocycles. The van der Waals surface area contributed by atoms with Crippen molar-refractivity contribution in [3.63, 3.8) is 0 Å². The summed E-state index contributed by atoms with van der Waals surface area (Å²) >= 11 is 0. The summed E-state index contributed by atoms with van der Waals surface area (Å²) in [5, 5.41) is 9.75. The summed E-state index contributed by atoms with van der Waals surface area (Å²) in [5.41, 5.74) is 1.28. The van der Waals surface area contributed by atoms with Gasteiger partial charge in [0.2, 0.25) is 0 Å². The van der Waals surface area contributed by atoms with Gasteiger partial charge in [-0.3, -0.25) is 0 Å². The maximum absolute atomic E-state index is 9.75. The number of ether oxygens (including phenoxy) is 1. The van der Waals surface area contributed by atoms with Crippen LogP contribution in [0.15, 0.2) is 11.6 Å². The van der Waals surface area contributed by atoms with Crippen molar-refractivity contribution in [2.24, 2.45) is 0 Å². The Morgan fingerprint density at radius 3 is 3.07 bits per heavy atom. The van der Waals surface area contributed by atoms with E-state index in [0.717, 1.165) is 37.7 Å². The fraction of sp³-hybridized carbons (Fsp3) is 0.833. The van der Waals surface area contributed by atoms with E-state index in [9.17, 15) is 5.11 Å². The standard InChI is InChI=1S/C12H20O2/c1-9-5-4-8-12(2)11(14-12)7-3-6-10(9)13/h5,10-11,13H,3-4,6-8H2,1-2H3/b9-5+/t10-,11-,12-/m0/s1. The van der Waals surface area contributed by atoms with Gasteiger partial charge in [-0.15, -0.1) is 0 Å². The van der Waals surface area contributed by atoms with E-state index in [1.165, 1.54) is 0 Å². The smallest absolute Gasteiger partial charge is 0.0923 e. The van der Waals surface area contributed by atoms with Crippen LogP contribution >= 0.6 is 0 Å². The number of rotatable bonds is 0. The Hall–Kier alpha value is -0.340. The molecule has 0 aromatic rings. The lowest BCUT2D eigenvalue weighted by atomic mass is 9.93. The molecule has 1 heterocycles. The van der Waals surface area contributed by atoms with Crippen molar-refractivity contribution in [2.45, 2.75) is 63.8 Å². The zero-order valence-corrected chi connectivity index (χ0v) is 9.12. The van der Waals surface area contributed by atoms with Crippen LogP contribution in [-0.4, -0.2) is 22.9 Å². The molecule has 0 aromatic carbocycles. The minimum atomic E-state index is -0.224. The van der Waals surface area contributed by atoms with Gasteiger partial charge in [0.15, 0.2) is 0 Å². The van der Waals surface area contributed by atoms with Crippen LogP contribution in [0.5, 0.6) is 0 Å². The molecule has 0 amide bonds. The van der Waals surface area contributed by atoms with Crippen LogP contribution in [0, 0.1) is 0 Å². The first-order valence-electron chi connectivity index (χ1n) is 5.64. The summed E-state index contributed by atoms with van der Waals surface area (Å²) in [6.45, 7) is 4.23. The molecule has 2 nitrogen and oxygen atoms in total. The largest absolute Gasteiger partial charge is 0.389 e. The third-order valence-electron chi connectivity index (χ3n) is 3.61. The normalized spacial score (nSPS) is 47.5. The predicted octanol–water partition coefficient (Wildman–Crippen LogP) is 2.42. The lowest BCUT2D eigenvalue weighted by Crippen LogP contribution is -2.14. The van der Waals surface area contributed by atoms with Crippen molar-refractivity contribution in [3.8, 4) is 0 Å². The Balaban J connectivity index is 1.99. The van der Waals surface area contributed by atoms with Gasteiger partial charge in [-0.05, 0) is 51.5 Å². The predicted molar refractivity (Wildman–Crippen MR) is 56.1 cm³/mol. The first-order valence-corrected chi connectivity index (χ1v) is 5.64. The molecule has 0 spiro atoms. The number of allylic oxidation sites excluding steroid dienone is 1. The van der Waals surface area contributed by atoms with Gasteiger partial charge in [-0.2, -0.15) is 0 Å². The number of fused-ring (bicyclic) bond motifs is 1. The maximum Gasteiger partial charge on any atom is 0.0923 e. The molecule has 14 heavy (non-hydrogen) atoms. The molecule has 1 N–H and O–H groups in total. The van der Waals surface area contributed by atoms with Crippen LogP contribution in [-0.2, 0) is 4.74 Å². The molecule has 1 saturated heterocycles. The highest BCUT2D eigenvalue weighted by Crippen LogP contribution is 2.43. The second-order valence-corrected chi connectivity index (χ2v) is 4.85. The highest BCUT2D eigenvalue weighted by atomic mass is 16.6. The average Bonchev–Trinajstić information content (AvgIpc) is 2.76. The Morgan fingerprint density at radius 1 is 1.50 bits per heavy atom. The number of aliphatic hydroxyl groups is 1. The molecule has 3 atom stereocenters. The molecule has 2 heteroatoms. The number of hydrogen-bond acceptors (Lipinski definition) is 2. The van der Waals surface area contributed by atoms with Crippen molar-refractivity contribution in [1.82, 2.24) is 0 Å². The van der Waals surface area contributed by atoms with Crippen LogP contribution in [0.3, 0.4) is 0 Å². The van der Waals surface area contributed by atoms with E-state index in [-0.39, 0.29) is 11.7 Å². The van der Waals surface area contributed by atoms with Crippen LogP contribution in [0.1, 0.15) is 46.0 Å². The molecule has 0 radical (unpaired) electrons. The number of hydrogen-bond donors (Lipinski definition) is 1. The van der Waals surface area contributed by atoms with Crippen LogP contribution in [0.4, 0.5) is 0 Å². The summed E-state index contributed by atoms with van der Waals surface area (Å²) < 4.78 is 5.70. The Kier molecular flexibility index (Phi) is 2.67. The first-order chi connectivity index (χ1) is 6.62. The third kappa shape index (κ3) is 2.01. The molecule has 2 rings (SSSR count). The van der Waals surface area contributed by atoms with Crippen LogP contribution < -0.4 is 0 Å². The molecule has 0 unspecified atom stereocenters. The monoisotopic (exact) mass is 196 g/mol. The highest BCUT2D eigenvalue weighted by molar-refractivity contribution is 5.08. The number of aliphatic hydroxyl groups excluding tert-OH is 1. The Labute approximate surface area is 86.0 Å². The molecule has 0 bridgehead atoms. The van der Waals surface area contributed by atoms with E-state index in [1.54, 1.807) is 0 Å². The fourth-order valence-electron chi connectivity index (χ4n) is 2.32. The summed E-state index contributed by atoms with van der Waals surface area (Å²) in [6.07, 6.45) is 7.61. The average molecular weight is 196 g/mol. The van der Waals surface area contributed by atoms with Crippen molar-refractivity contribution >= 4 is 0 Å². The second-order valence-electron chi connectivity index (χ2n) is 4.85. The molecule has 2 aliphatic rings. The summed E-state index contributed by atoms with van der Waals surface area (Å²) in [4.78, 5) is 0. The van der Waals surface area contributed by atoms with E-state index in [2.05, 4.69) is 13.0 Å². The lowest BCUT2D eigenvalue weighted by molar-refractivity contribution is 0.194. The summed E-state index contributed by atoms with van der Waals surface area (Å²) in [7, 11) is 0. The molecule has 80 valence electrons. The van der Waals surface area contributed by atoms with E-state index in [0.29, 0.717) is 6.10 Å². The van der Waals surface area contributed by atoms with Gasteiger partial charge < -0.3 is 9.84 Å². The zero-order chi connectivity index (χ0) is 10.2. The van der Waals surface area contributed by atoms with Crippen molar-refractivity contribution in [2.75, 3.05) is 0 Å². The molecular formula is C12H20O2. The lowest BCUT2D eigenvalue weighted by Gasteiger charge is -2.13. The Morgan fingerprint density at radius 2 is 2.29 bits per heavy atom. The SMILES string of the molecule is C/C1=C\CC[C@]2(C)O[C@H]2CCC[C@@H]1O. The van der Waals surface area contributed by atoms with Gasteiger partial charge in [-0.1, -0.05) is 6.08 Å². The van der Waals surface area contributed by atoms with Crippen molar-refractivity contribution in [1.29, 1.82) is 0 Å². The quantitative estimate of drug-likeness (QED) is 0.476. The van der Waals surface area contributed by atoms with Gasteiger partial charge in [0.25, 0.3) is 0 Å². The molecule has 1 fully saturated rings.